The van der Waals surface area contributed by atoms with Gasteiger partial charge in [0.25, 0.3) is 5.56 Å². The second-order valence-corrected chi connectivity index (χ2v) is 11.7. The molecule has 2 aromatic heterocycles. The number of anilines is 1. The molecule has 1 aliphatic heterocycles. The number of sulfone groups is 1. The molecule has 0 unspecified atom stereocenters. The van der Waals surface area contributed by atoms with E-state index >= 15 is 0 Å². The van der Waals surface area contributed by atoms with E-state index in [4.69, 9.17) is 10.00 Å². The van der Waals surface area contributed by atoms with Gasteiger partial charge in [0.1, 0.15) is 10.9 Å². The number of aromatic nitrogens is 2. The van der Waals surface area contributed by atoms with Crippen molar-refractivity contribution in [1.29, 1.82) is 5.26 Å². The van der Waals surface area contributed by atoms with Crippen LogP contribution in [0.25, 0.3) is 0 Å². The molecule has 0 radical (unpaired) electrons. The maximum absolute atomic E-state index is 13.5. The summed E-state index contributed by atoms with van der Waals surface area (Å²) >= 11 is 1.03. The Balaban J connectivity index is 1.74. The number of rotatable bonds is 7. The van der Waals surface area contributed by atoms with Gasteiger partial charge < -0.3 is 15.0 Å². The first-order chi connectivity index (χ1) is 15.9. The Morgan fingerprint density at radius 1 is 1.30 bits per heavy atom. The van der Waals surface area contributed by atoms with Crippen LogP contribution in [0.2, 0.25) is 0 Å². The van der Waals surface area contributed by atoms with E-state index in [0.717, 1.165) is 37.0 Å². The Morgan fingerprint density at radius 2 is 2.03 bits per heavy atom. The molecule has 1 saturated heterocycles. The molecule has 33 heavy (non-hydrogen) atoms. The number of carbonyl (C=O) groups excluding carboxylic acids is 1. The molecule has 1 atom stereocenters. The quantitative estimate of drug-likeness (QED) is 0.607. The summed E-state index contributed by atoms with van der Waals surface area (Å²) in [6.07, 6.45) is 7.26. The summed E-state index contributed by atoms with van der Waals surface area (Å²) < 4.78 is 32.4. The Hall–Kier alpha value is -2.55. The lowest BCUT2D eigenvalue weighted by molar-refractivity contribution is -0.118. The van der Waals surface area contributed by atoms with Crippen molar-refractivity contribution in [1.82, 2.24) is 9.97 Å². The number of ether oxygens (including phenoxy) is 1. The Morgan fingerprint density at radius 3 is 2.70 bits per heavy atom. The Labute approximate surface area is 196 Å². The van der Waals surface area contributed by atoms with Crippen molar-refractivity contribution in [3.8, 4) is 6.07 Å². The molecule has 2 fully saturated rings. The number of aromatic amines is 1. The van der Waals surface area contributed by atoms with Gasteiger partial charge in [0, 0.05) is 25.0 Å². The second kappa shape index (κ2) is 10.2. The molecule has 0 bridgehead atoms. The molecular weight excluding hydrogens is 464 g/mol. The van der Waals surface area contributed by atoms with E-state index in [2.05, 4.69) is 15.3 Å². The van der Waals surface area contributed by atoms with E-state index in [1.54, 1.807) is 0 Å². The number of thiazole rings is 1. The summed E-state index contributed by atoms with van der Waals surface area (Å²) in [5.74, 6) is -1.36. The summed E-state index contributed by atoms with van der Waals surface area (Å²) in [4.78, 5) is 33.3. The van der Waals surface area contributed by atoms with E-state index in [-0.39, 0.29) is 21.5 Å². The number of pyridine rings is 1. The van der Waals surface area contributed by atoms with Crippen LogP contribution >= 0.6 is 11.3 Å². The molecule has 2 aromatic rings. The van der Waals surface area contributed by atoms with E-state index in [0.29, 0.717) is 37.4 Å². The number of hydrogen-bond acceptors (Lipinski definition) is 8. The largest absolute Gasteiger partial charge is 0.381 e. The van der Waals surface area contributed by atoms with Crippen molar-refractivity contribution < 1.29 is 17.9 Å². The number of nitrogens with one attached hydrogen (secondary N) is 2. The number of amides is 1. The van der Waals surface area contributed by atoms with Gasteiger partial charge in [0.15, 0.2) is 15.0 Å². The standard InChI is InChI=1S/C22H26N4O5S2/c23-12-15-13-25-22(32-15)26-20(27)17(11-14-6-9-31-10-7-14)19-18(5-8-24-21(19)28)33(29,30)16-3-1-2-4-16/h5,8,13-14,16-17H,1-4,6-7,9-11H2,(H,24,28)(H,25,26,27)/t17-/m1/s1. The van der Waals surface area contributed by atoms with Gasteiger partial charge in [0.05, 0.1) is 22.3 Å². The summed E-state index contributed by atoms with van der Waals surface area (Å²) in [6.45, 7) is 1.13. The lowest BCUT2D eigenvalue weighted by atomic mass is 9.85. The first kappa shape index (κ1) is 23.6. The van der Waals surface area contributed by atoms with Gasteiger partial charge >= 0.3 is 0 Å². The van der Waals surface area contributed by atoms with Gasteiger partial charge in [-0.05, 0) is 44.1 Å². The average Bonchev–Trinajstić information content (AvgIpc) is 3.51. The van der Waals surface area contributed by atoms with Crippen LogP contribution in [0.4, 0.5) is 5.13 Å². The van der Waals surface area contributed by atoms with E-state index in [9.17, 15) is 18.0 Å². The number of carbonyl (C=O) groups is 1. The highest BCUT2D eigenvalue weighted by molar-refractivity contribution is 7.92. The molecule has 1 amide bonds. The lowest BCUT2D eigenvalue weighted by Crippen LogP contribution is -2.33. The summed E-state index contributed by atoms with van der Waals surface area (Å²) in [5.41, 5.74) is -0.580. The molecule has 1 aliphatic carbocycles. The Kier molecular flexibility index (Phi) is 7.26. The second-order valence-electron chi connectivity index (χ2n) is 8.51. The van der Waals surface area contributed by atoms with E-state index in [1.807, 2.05) is 6.07 Å². The van der Waals surface area contributed by atoms with Gasteiger partial charge in [-0.15, -0.1) is 0 Å². The summed E-state index contributed by atoms with van der Waals surface area (Å²) in [6, 6.07) is 3.38. The van der Waals surface area contributed by atoms with Crippen molar-refractivity contribution in [3.05, 3.63) is 39.3 Å². The van der Waals surface area contributed by atoms with Crippen LogP contribution < -0.4 is 10.9 Å². The fraction of sp³-hybridized carbons (Fsp3) is 0.545. The molecule has 176 valence electrons. The fourth-order valence-electron chi connectivity index (χ4n) is 4.68. The minimum absolute atomic E-state index is 0.00884. The first-order valence-electron chi connectivity index (χ1n) is 11.1. The summed E-state index contributed by atoms with van der Waals surface area (Å²) in [5, 5.41) is 11.4. The average molecular weight is 491 g/mol. The van der Waals surface area contributed by atoms with E-state index < -0.39 is 32.5 Å². The number of H-pyrrole nitrogens is 1. The van der Waals surface area contributed by atoms with Gasteiger partial charge in [-0.25, -0.2) is 13.4 Å². The van der Waals surface area contributed by atoms with Gasteiger partial charge in [0.2, 0.25) is 5.91 Å². The van der Waals surface area contributed by atoms with Crippen LogP contribution in [0.15, 0.2) is 28.2 Å². The number of hydrogen-bond donors (Lipinski definition) is 2. The topological polar surface area (TPSA) is 142 Å². The third kappa shape index (κ3) is 5.18. The van der Waals surface area contributed by atoms with Crippen molar-refractivity contribution >= 4 is 32.2 Å². The molecule has 9 nitrogen and oxygen atoms in total. The number of nitriles is 1. The van der Waals surface area contributed by atoms with Crippen LogP contribution in [0, 0.1) is 17.2 Å². The molecular formula is C22H26N4O5S2. The van der Waals surface area contributed by atoms with E-state index in [1.165, 1.54) is 18.5 Å². The van der Waals surface area contributed by atoms with Gasteiger partial charge in [-0.2, -0.15) is 5.26 Å². The van der Waals surface area contributed by atoms with Crippen LogP contribution in [0.5, 0.6) is 0 Å². The van der Waals surface area contributed by atoms with Crippen LogP contribution in [0.3, 0.4) is 0 Å². The lowest BCUT2D eigenvalue weighted by Gasteiger charge is -2.27. The molecule has 2 N–H and O–H groups in total. The molecule has 0 aromatic carbocycles. The maximum atomic E-state index is 13.5. The van der Waals surface area contributed by atoms with Crippen molar-refractivity contribution in [2.45, 2.75) is 61.0 Å². The van der Waals surface area contributed by atoms with Crippen LogP contribution in [-0.2, 0) is 19.4 Å². The fourth-order valence-corrected chi connectivity index (χ4v) is 7.40. The molecule has 1 saturated carbocycles. The first-order valence-corrected chi connectivity index (χ1v) is 13.5. The maximum Gasteiger partial charge on any atom is 0.253 e. The minimum Gasteiger partial charge on any atom is -0.381 e. The van der Waals surface area contributed by atoms with Crippen LogP contribution in [0.1, 0.15) is 61.3 Å². The van der Waals surface area contributed by atoms with Crippen molar-refractivity contribution in [2.75, 3.05) is 18.5 Å². The zero-order chi connectivity index (χ0) is 23.4. The third-order valence-corrected chi connectivity index (χ3v) is 9.56. The molecule has 11 heteroatoms. The SMILES string of the molecule is N#Cc1cnc(NC(=O)[C@H](CC2CCOCC2)c2c(S(=O)(=O)C3CCCC3)cc[nH]c2=O)s1. The zero-order valence-corrected chi connectivity index (χ0v) is 19.7. The molecule has 2 aliphatic rings. The molecule has 0 spiro atoms. The third-order valence-electron chi connectivity index (χ3n) is 6.43. The van der Waals surface area contributed by atoms with Gasteiger partial charge in [-0.1, -0.05) is 24.2 Å². The highest BCUT2D eigenvalue weighted by Crippen LogP contribution is 2.36. The summed E-state index contributed by atoms with van der Waals surface area (Å²) in [7, 11) is -3.76. The van der Waals surface area contributed by atoms with Gasteiger partial charge in [-0.3, -0.25) is 9.59 Å². The zero-order valence-electron chi connectivity index (χ0n) is 18.1. The monoisotopic (exact) mass is 490 g/mol. The van der Waals surface area contributed by atoms with Crippen LogP contribution in [-0.4, -0.2) is 42.8 Å². The number of nitrogens with zero attached hydrogens (tertiary/aromatic N) is 2. The highest BCUT2D eigenvalue weighted by Gasteiger charge is 2.37. The Bertz CT molecular complexity index is 1200. The smallest absolute Gasteiger partial charge is 0.253 e. The van der Waals surface area contributed by atoms with Crippen molar-refractivity contribution in [3.63, 3.8) is 0 Å². The normalized spacial score (nSPS) is 18.6. The highest BCUT2D eigenvalue weighted by atomic mass is 32.2. The van der Waals surface area contributed by atoms with Crippen molar-refractivity contribution in [2.24, 2.45) is 5.92 Å². The predicted octanol–water partition coefficient (Wildman–Crippen LogP) is 2.96. The predicted molar refractivity (Wildman–Crippen MR) is 123 cm³/mol. The minimum atomic E-state index is -3.76. The molecule has 4 rings (SSSR count). The molecule has 3 heterocycles.